The van der Waals surface area contributed by atoms with Gasteiger partial charge in [-0.05, 0) is 99.1 Å². The van der Waals surface area contributed by atoms with E-state index < -0.39 is 0 Å². The summed E-state index contributed by atoms with van der Waals surface area (Å²) in [5.74, 6) is 0. The molecule has 5 heteroatoms. The maximum Gasteiger partial charge on any atom is 0.104 e. The molecule has 0 aliphatic carbocycles. The first kappa shape index (κ1) is 43.7. The van der Waals surface area contributed by atoms with Crippen LogP contribution in [0.2, 0.25) is 0 Å². The smallest absolute Gasteiger partial charge is 0.104 e. The summed E-state index contributed by atoms with van der Waals surface area (Å²) in [5.41, 5.74) is 20.9. The molecule has 5 nitrogen and oxygen atoms in total. The van der Waals surface area contributed by atoms with Crippen molar-refractivity contribution in [3.8, 4) is 6.07 Å². The van der Waals surface area contributed by atoms with Gasteiger partial charge in [0.25, 0.3) is 0 Å². The van der Waals surface area contributed by atoms with Crippen LogP contribution in [0, 0.1) is 11.3 Å². The summed E-state index contributed by atoms with van der Waals surface area (Å²) in [6.07, 6.45) is 0. The lowest BCUT2D eigenvalue weighted by molar-refractivity contribution is 0.629. The molecular weight excluding hydrogens is 875 g/mol. The van der Waals surface area contributed by atoms with Gasteiger partial charge >= 0.3 is 0 Å². The van der Waals surface area contributed by atoms with Crippen LogP contribution in [0.15, 0.2) is 200 Å². The van der Waals surface area contributed by atoms with Gasteiger partial charge in [-0.2, -0.15) is 5.26 Å². The number of fused-ring (bicyclic) bond motifs is 8. The van der Waals surface area contributed by atoms with Crippen molar-refractivity contribution in [1.29, 1.82) is 5.26 Å². The van der Waals surface area contributed by atoms with Crippen LogP contribution in [0.1, 0.15) is 105 Å². The van der Waals surface area contributed by atoms with Crippen LogP contribution in [0.4, 0.5) is 68.2 Å². The van der Waals surface area contributed by atoms with Crippen LogP contribution in [0.5, 0.6) is 0 Å². The van der Waals surface area contributed by atoms with E-state index in [1.807, 2.05) is 0 Å². The van der Waals surface area contributed by atoms with E-state index in [2.05, 4.69) is 281 Å². The second-order valence-corrected chi connectivity index (χ2v) is 22.1. The molecule has 0 unspecified atom stereocenters. The van der Waals surface area contributed by atoms with Crippen molar-refractivity contribution in [2.45, 2.75) is 77.0 Å². The van der Waals surface area contributed by atoms with Crippen molar-refractivity contribution in [3.63, 3.8) is 0 Å². The summed E-state index contributed by atoms with van der Waals surface area (Å²) >= 11 is 0. The van der Waals surface area contributed by atoms with E-state index >= 15 is 0 Å². The fourth-order valence-electron chi connectivity index (χ4n) is 13.2. The van der Waals surface area contributed by atoms with E-state index in [9.17, 15) is 5.26 Å². The van der Waals surface area contributed by atoms with Crippen LogP contribution in [0.25, 0.3) is 0 Å². The Hall–Kier alpha value is -8.33. The van der Waals surface area contributed by atoms with Gasteiger partial charge in [-0.25, -0.2) is 0 Å². The third kappa shape index (κ3) is 5.81. The van der Waals surface area contributed by atoms with Gasteiger partial charge in [0.15, 0.2) is 0 Å². The summed E-state index contributed by atoms with van der Waals surface area (Å²) in [7, 11) is 0. The first-order valence-electron chi connectivity index (χ1n) is 25.4. The third-order valence-corrected chi connectivity index (χ3v) is 16.8. The molecule has 13 rings (SSSR count). The summed E-state index contributed by atoms with van der Waals surface area (Å²) in [6.45, 7) is 18.7. The van der Waals surface area contributed by atoms with Crippen molar-refractivity contribution >= 4 is 68.2 Å². The highest BCUT2D eigenvalue weighted by Gasteiger charge is 2.47. The second-order valence-electron chi connectivity index (χ2n) is 22.1. The molecule has 0 bridgehead atoms. The lowest BCUT2D eigenvalue weighted by atomic mass is 9.72. The minimum Gasteiger partial charge on any atom is -0.308 e. The highest BCUT2D eigenvalue weighted by atomic mass is 15.3. The minimum atomic E-state index is -0.335. The van der Waals surface area contributed by atoms with Crippen LogP contribution < -0.4 is 19.6 Å². The summed E-state index contributed by atoms with van der Waals surface area (Å²) in [4.78, 5) is 9.79. The van der Waals surface area contributed by atoms with Gasteiger partial charge in [0.05, 0.1) is 68.2 Å². The van der Waals surface area contributed by atoms with Gasteiger partial charge in [-0.3, -0.25) is 0 Å². The average Bonchev–Trinajstić information content (AvgIpc) is 3.40. The van der Waals surface area contributed by atoms with Crippen molar-refractivity contribution in [3.05, 3.63) is 250 Å². The molecule has 0 amide bonds. The van der Waals surface area contributed by atoms with Crippen molar-refractivity contribution in [2.24, 2.45) is 0 Å². The number of hydrogen-bond donors (Lipinski definition) is 0. The normalized spacial score (nSPS) is 16.7. The molecule has 0 fully saturated rings. The van der Waals surface area contributed by atoms with Gasteiger partial charge < -0.3 is 19.6 Å². The Balaban J connectivity index is 1.27. The molecule has 72 heavy (non-hydrogen) atoms. The van der Waals surface area contributed by atoms with E-state index in [4.69, 9.17) is 0 Å². The molecule has 0 saturated heterocycles. The summed E-state index contributed by atoms with van der Waals surface area (Å²) < 4.78 is 0. The van der Waals surface area contributed by atoms with Crippen molar-refractivity contribution in [2.75, 3.05) is 19.6 Å². The molecule has 0 N–H and O–H groups in total. The van der Waals surface area contributed by atoms with Crippen molar-refractivity contribution < 1.29 is 0 Å². The van der Waals surface area contributed by atoms with Crippen LogP contribution in [0.3, 0.4) is 0 Å². The molecule has 0 saturated carbocycles. The van der Waals surface area contributed by atoms with E-state index in [0.717, 1.165) is 68.2 Å². The average molecular weight is 932 g/mol. The lowest BCUT2D eigenvalue weighted by Gasteiger charge is -2.48. The number of nitriles is 1. The Morgan fingerprint density at radius 1 is 0.264 bits per heavy atom. The maximum absolute atomic E-state index is 12.8. The van der Waals surface area contributed by atoms with Crippen LogP contribution in [-0.2, 0) is 21.7 Å². The van der Waals surface area contributed by atoms with Crippen LogP contribution in [-0.4, -0.2) is 0 Å². The number of para-hydroxylation sites is 8. The molecular formula is C67H57N5. The number of rotatable bonds is 4. The molecule has 9 aromatic carbocycles. The first-order valence-corrected chi connectivity index (χ1v) is 25.4. The molecule has 4 aliphatic heterocycles. The Labute approximate surface area is 424 Å². The van der Waals surface area contributed by atoms with Gasteiger partial charge in [0, 0.05) is 21.7 Å². The molecule has 0 spiro atoms. The molecule has 0 aromatic heterocycles. The fraction of sp³-hybridized carbons (Fsp3) is 0.179. The van der Waals surface area contributed by atoms with Gasteiger partial charge in [0.1, 0.15) is 11.6 Å². The summed E-state index contributed by atoms with van der Waals surface area (Å²) in [5, 5.41) is 12.8. The first-order chi connectivity index (χ1) is 34.8. The standard InChI is InChI=1S/C67H57N5/c1-64(2)44-25-9-17-33-52(44)69(53-34-18-10-26-45(53)64)60-41-61(70-54-35-19-11-27-46(54)65(3,4)47-28-12-20-36-55(47)70)63(72-58-39-23-15-31-50(58)67(7,8)51-32-16-24-40-59(51)72)43(42-68)62(60)71-56-37-21-13-29-48(56)66(5,6)49-30-14-22-38-57(49)71/h9-41H,1-8H3. The van der Waals surface area contributed by atoms with E-state index in [1.165, 1.54) is 44.5 Å². The minimum absolute atomic E-state index is 0.316. The van der Waals surface area contributed by atoms with Crippen LogP contribution >= 0.6 is 0 Å². The SMILES string of the molecule is CC1(C)c2ccccc2N(c2cc(N3c4ccccc4C(C)(C)c4ccccc43)c(N3c4ccccc4C(C)(C)c4ccccc43)c(C#N)c2N2c3ccccc3C(C)(C)c3ccccc32)c2ccccc21. The zero-order valence-electron chi connectivity index (χ0n) is 42.3. The topological polar surface area (TPSA) is 36.8 Å². The second kappa shape index (κ2) is 15.3. The zero-order valence-corrected chi connectivity index (χ0v) is 42.3. The Morgan fingerprint density at radius 2 is 0.444 bits per heavy atom. The predicted molar refractivity (Wildman–Crippen MR) is 298 cm³/mol. The molecule has 0 radical (unpaired) electrons. The van der Waals surface area contributed by atoms with Crippen molar-refractivity contribution in [1.82, 2.24) is 0 Å². The van der Waals surface area contributed by atoms with Gasteiger partial charge in [-0.1, -0.05) is 201 Å². The zero-order chi connectivity index (χ0) is 49.5. The quantitative estimate of drug-likeness (QED) is 0.176. The fourth-order valence-corrected chi connectivity index (χ4v) is 13.2. The molecule has 9 aromatic rings. The third-order valence-electron chi connectivity index (χ3n) is 16.8. The van der Waals surface area contributed by atoms with E-state index in [0.29, 0.717) is 5.56 Å². The number of benzene rings is 9. The number of nitrogens with zero attached hydrogens (tertiary/aromatic N) is 5. The maximum atomic E-state index is 12.8. The largest absolute Gasteiger partial charge is 0.308 e. The van der Waals surface area contributed by atoms with E-state index in [1.54, 1.807) is 0 Å². The van der Waals surface area contributed by atoms with Gasteiger partial charge in [-0.15, -0.1) is 0 Å². The number of hydrogen-bond acceptors (Lipinski definition) is 5. The Morgan fingerprint density at radius 3 is 0.639 bits per heavy atom. The lowest BCUT2D eigenvalue weighted by Crippen LogP contribution is -2.35. The molecule has 4 aliphatic rings. The Kier molecular flexibility index (Phi) is 9.30. The highest BCUT2D eigenvalue weighted by molar-refractivity contribution is 6.09. The van der Waals surface area contributed by atoms with E-state index in [-0.39, 0.29) is 21.7 Å². The molecule has 4 heterocycles. The highest BCUT2D eigenvalue weighted by Crippen LogP contribution is 2.65. The predicted octanol–water partition coefficient (Wildman–Crippen LogP) is 18.0. The summed E-state index contributed by atoms with van der Waals surface area (Å²) in [6, 6.07) is 76.3. The monoisotopic (exact) mass is 931 g/mol. The Bertz CT molecular complexity index is 3340. The van der Waals surface area contributed by atoms with Gasteiger partial charge in [0.2, 0.25) is 0 Å². The molecule has 350 valence electrons. The number of anilines is 12. The molecule has 0 atom stereocenters.